The van der Waals surface area contributed by atoms with Crippen LogP contribution in [0.3, 0.4) is 0 Å². The van der Waals surface area contributed by atoms with Crippen molar-refractivity contribution in [3.8, 4) is 0 Å². The summed E-state index contributed by atoms with van der Waals surface area (Å²) in [6, 6.07) is 0. The minimum atomic E-state index is -2.55. The number of amides is 1. The Hall–Kier alpha value is -1.87. The van der Waals surface area contributed by atoms with Gasteiger partial charge in [-0.3, -0.25) is 4.79 Å². The van der Waals surface area contributed by atoms with Gasteiger partial charge in [0, 0.05) is 17.2 Å². The lowest BCUT2D eigenvalue weighted by Crippen LogP contribution is -2.15. The van der Waals surface area contributed by atoms with Crippen LogP contribution in [0.5, 0.6) is 0 Å². The van der Waals surface area contributed by atoms with E-state index < -0.39 is 24.9 Å². The summed E-state index contributed by atoms with van der Waals surface area (Å²) in [6.45, 7) is -0.804. The number of thiazole rings is 1. The molecule has 0 aromatic carbocycles. The summed E-state index contributed by atoms with van der Waals surface area (Å²) in [5.41, 5.74) is 0. The maximum atomic E-state index is 11.8. The van der Waals surface area contributed by atoms with Gasteiger partial charge in [0.1, 0.15) is 6.61 Å². The van der Waals surface area contributed by atoms with Gasteiger partial charge in [-0.05, 0) is 6.08 Å². The quantitative estimate of drug-likeness (QED) is 0.565. The summed E-state index contributed by atoms with van der Waals surface area (Å²) in [5.74, 6) is -1.50. The molecule has 0 radical (unpaired) electrons. The fourth-order valence-electron chi connectivity index (χ4n) is 1.09. The molecule has 1 aromatic rings. The fraction of sp³-hybridized carbons (Fsp3) is 0.364. The van der Waals surface area contributed by atoms with Gasteiger partial charge in [0.2, 0.25) is 5.91 Å². The first-order valence-corrected chi connectivity index (χ1v) is 6.31. The molecule has 110 valence electrons. The molecule has 9 heteroatoms. The molecule has 1 amide bonds. The van der Waals surface area contributed by atoms with Gasteiger partial charge >= 0.3 is 5.97 Å². The zero-order valence-electron chi connectivity index (χ0n) is 10.2. The average molecular weight is 306 g/mol. The Morgan fingerprint density at radius 2 is 2.30 bits per heavy atom. The molecule has 20 heavy (non-hydrogen) atoms. The molecule has 1 aromatic heterocycles. The van der Waals surface area contributed by atoms with E-state index in [1.54, 1.807) is 0 Å². The maximum absolute atomic E-state index is 11.8. The van der Waals surface area contributed by atoms with Crippen molar-refractivity contribution in [2.45, 2.75) is 12.8 Å². The number of carboxylic acid groups (broad SMARTS) is 1. The second-order valence-corrected chi connectivity index (χ2v) is 4.57. The molecule has 1 rings (SSSR count). The summed E-state index contributed by atoms with van der Waals surface area (Å²) < 4.78 is 28.1. The molecule has 0 fully saturated rings. The van der Waals surface area contributed by atoms with Crippen LogP contribution in [-0.2, 0) is 14.3 Å². The highest BCUT2D eigenvalue weighted by molar-refractivity contribution is 7.16. The van der Waals surface area contributed by atoms with Crippen LogP contribution < -0.4 is 5.32 Å². The van der Waals surface area contributed by atoms with E-state index in [2.05, 4.69) is 15.0 Å². The Bertz CT molecular complexity index is 491. The highest BCUT2D eigenvalue weighted by atomic mass is 32.1. The first-order valence-electron chi connectivity index (χ1n) is 5.50. The normalized spacial score (nSPS) is 11.2. The molecule has 0 atom stereocenters. The SMILES string of the molecule is O=C(O)/C=C/c1cnc(NC(=O)CCOCC(F)F)s1. The first kappa shape index (κ1) is 16.2. The third-order valence-corrected chi connectivity index (χ3v) is 2.76. The van der Waals surface area contributed by atoms with E-state index in [-0.39, 0.29) is 13.0 Å². The second kappa shape index (κ2) is 8.33. The first-order chi connectivity index (χ1) is 9.47. The minimum absolute atomic E-state index is 0.0629. The number of aromatic nitrogens is 1. The lowest BCUT2D eigenvalue weighted by molar-refractivity contribution is -0.131. The molecular formula is C11H12F2N2O4S. The molecule has 2 N–H and O–H groups in total. The van der Waals surface area contributed by atoms with E-state index in [1.165, 1.54) is 12.3 Å². The van der Waals surface area contributed by atoms with Crippen LogP contribution in [0.2, 0.25) is 0 Å². The predicted octanol–water partition coefficient (Wildman–Crippen LogP) is 1.85. The molecule has 0 saturated carbocycles. The molecule has 0 aliphatic heterocycles. The van der Waals surface area contributed by atoms with Crippen LogP contribution in [0.15, 0.2) is 12.3 Å². The lowest BCUT2D eigenvalue weighted by Gasteiger charge is -2.03. The molecule has 0 bridgehead atoms. The van der Waals surface area contributed by atoms with Crippen LogP contribution in [-0.4, -0.2) is 41.6 Å². The number of ether oxygens (including phenoxy) is 1. The number of alkyl halides is 2. The van der Waals surface area contributed by atoms with Crippen LogP contribution in [0.1, 0.15) is 11.3 Å². The summed E-state index contributed by atoms with van der Waals surface area (Å²) >= 11 is 1.09. The Kier molecular flexibility index (Phi) is 6.74. The topological polar surface area (TPSA) is 88.5 Å². The number of carbonyl (C=O) groups excluding carboxylic acids is 1. The monoisotopic (exact) mass is 306 g/mol. The van der Waals surface area contributed by atoms with Gasteiger partial charge in [0.25, 0.3) is 6.43 Å². The number of carboxylic acids is 1. The van der Waals surface area contributed by atoms with E-state index >= 15 is 0 Å². The van der Waals surface area contributed by atoms with Crippen LogP contribution in [0.25, 0.3) is 6.08 Å². The second-order valence-electron chi connectivity index (χ2n) is 3.50. The number of anilines is 1. The van der Waals surface area contributed by atoms with Crippen molar-refractivity contribution in [1.29, 1.82) is 0 Å². The Labute approximate surface area is 117 Å². The van der Waals surface area contributed by atoms with Crippen LogP contribution in [0.4, 0.5) is 13.9 Å². The zero-order valence-corrected chi connectivity index (χ0v) is 11.0. The van der Waals surface area contributed by atoms with Crippen molar-refractivity contribution < 1.29 is 28.2 Å². The third-order valence-electron chi connectivity index (χ3n) is 1.88. The highest BCUT2D eigenvalue weighted by Crippen LogP contribution is 2.19. The van der Waals surface area contributed by atoms with Crippen molar-refractivity contribution in [1.82, 2.24) is 4.98 Å². The molecule has 0 spiro atoms. The van der Waals surface area contributed by atoms with E-state index in [0.29, 0.717) is 10.0 Å². The van der Waals surface area contributed by atoms with Crippen LogP contribution in [0, 0.1) is 0 Å². The van der Waals surface area contributed by atoms with Crippen molar-refractivity contribution in [2.75, 3.05) is 18.5 Å². The summed E-state index contributed by atoms with van der Waals surface area (Å²) in [6.07, 6.45) is 1.10. The molecule has 0 unspecified atom stereocenters. The molecule has 0 aliphatic carbocycles. The summed E-state index contributed by atoms with van der Waals surface area (Å²) in [7, 11) is 0. The van der Waals surface area contributed by atoms with Crippen molar-refractivity contribution >= 4 is 34.4 Å². The number of halogens is 2. The van der Waals surface area contributed by atoms with Gasteiger partial charge in [-0.25, -0.2) is 18.6 Å². The van der Waals surface area contributed by atoms with E-state index in [0.717, 1.165) is 17.4 Å². The number of rotatable bonds is 8. The number of nitrogens with one attached hydrogen (secondary N) is 1. The van der Waals surface area contributed by atoms with E-state index in [1.807, 2.05) is 0 Å². The number of hydrogen-bond acceptors (Lipinski definition) is 5. The average Bonchev–Trinajstić information content (AvgIpc) is 2.79. The predicted molar refractivity (Wildman–Crippen MR) is 68.9 cm³/mol. The Morgan fingerprint density at radius 3 is 2.95 bits per heavy atom. The molecule has 0 saturated heterocycles. The lowest BCUT2D eigenvalue weighted by atomic mass is 10.4. The molecule has 1 heterocycles. The number of aliphatic carboxylic acids is 1. The molecule has 6 nitrogen and oxygen atoms in total. The molecule has 0 aliphatic rings. The smallest absolute Gasteiger partial charge is 0.328 e. The third kappa shape index (κ3) is 6.90. The van der Waals surface area contributed by atoms with E-state index in [9.17, 15) is 18.4 Å². The van der Waals surface area contributed by atoms with E-state index in [4.69, 9.17) is 5.11 Å². The Morgan fingerprint density at radius 1 is 1.55 bits per heavy atom. The van der Waals surface area contributed by atoms with Gasteiger partial charge in [-0.1, -0.05) is 11.3 Å². The Balaban J connectivity index is 2.33. The highest BCUT2D eigenvalue weighted by Gasteiger charge is 2.07. The van der Waals surface area contributed by atoms with Gasteiger partial charge in [0.15, 0.2) is 5.13 Å². The van der Waals surface area contributed by atoms with Gasteiger partial charge in [0.05, 0.1) is 13.0 Å². The van der Waals surface area contributed by atoms with Crippen molar-refractivity contribution in [3.05, 3.63) is 17.2 Å². The van der Waals surface area contributed by atoms with Crippen molar-refractivity contribution in [3.63, 3.8) is 0 Å². The van der Waals surface area contributed by atoms with Gasteiger partial charge in [-0.2, -0.15) is 0 Å². The minimum Gasteiger partial charge on any atom is -0.478 e. The largest absolute Gasteiger partial charge is 0.478 e. The van der Waals surface area contributed by atoms with Crippen molar-refractivity contribution in [2.24, 2.45) is 0 Å². The number of carbonyl (C=O) groups is 2. The van der Waals surface area contributed by atoms with Crippen LogP contribution >= 0.6 is 11.3 Å². The maximum Gasteiger partial charge on any atom is 0.328 e. The fourth-order valence-corrected chi connectivity index (χ4v) is 1.83. The summed E-state index contributed by atoms with van der Waals surface area (Å²) in [4.78, 5) is 26.2. The van der Waals surface area contributed by atoms with Gasteiger partial charge < -0.3 is 15.2 Å². The summed E-state index contributed by atoms with van der Waals surface area (Å²) in [5, 5.41) is 11.2. The number of nitrogens with zero attached hydrogens (tertiary/aromatic N) is 1. The number of hydrogen-bond donors (Lipinski definition) is 2. The standard InChI is InChI=1S/C11H12F2N2O4S/c12-8(13)6-19-4-3-9(16)15-11-14-5-7(20-11)1-2-10(17)18/h1-2,5,8H,3-4,6H2,(H,17,18)(H,14,15,16)/b2-1+. The van der Waals surface area contributed by atoms with Gasteiger partial charge in [-0.15, -0.1) is 0 Å². The zero-order chi connectivity index (χ0) is 15.0. The molecular weight excluding hydrogens is 294 g/mol.